The van der Waals surface area contributed by atoms with Crippen molar-refractivity contribution in [3.8, 4) is 0 Å². The highest BCUT2D eigenvalue weighted by Crippen LogP contribution is 2.08. The zero-order valence-electron chi connectivity index (χ0n) is 8.87. The van der Waals surface area contributed by atoms with Gasteiger partial charge >= 0.3 is 0 Å². The number of rotatable bonds is 4. The first-order valence-electron chi connectivity index (χ1n) is 5.35. The van der Waals surface area contributed by atoms with Crippen LogP contribution >= 0.6 is 0 Å². The van der Waals surface area contributed by atoms with Gasteiger partial charge in [-0.1, -0.05) is 6.92 Å². The summed E-state index contributed by atoms with van der Waals surface area (Å²) < 4.78 is 0. The molecule has 3 nitrogen and oxygen atoms in total. The Hall–Kier alpha value is -0.120. The second kappa shape index (κ2) is 5.58. The molecule has 0 saturated carbocycles. The predicted molar refractivity (Wildman–Crippen MR) is 54.9 cm³/mol. The van der Waals surface area contributed by atoms with Crippen LogP contribution in [0, 0.1) is 0 Å². The molecule has 0 aromatic rings. The van der Waals surface area contributed by atoms with Gasteiger partial charge in [0.15, 0.2) is 0 Å². The number of aliphatic hydroxyl groups excluding tert-OH is 1. The summed E-state index contributed by atoms with van der Waals surface area (Å²) in [4.78, 5) is 4.88. The first kappa shape index (κ1) is 11.0. The monoisotopic (exact) mass is 186 g/mol. The highest BCUT2D eigenvalue weighted by atomic mass is 16.3. The summed E-state index contributed by atoms with van der Waals surface area (Å²) >= 11 is 0. The minimum Gasteiger partial charge on any atom is -0.395 e. The summed E-state index contributed by atoms with van der Waals surface area (Å²) in [7, 11) is 0. The molecule has 1 rings (SSSR count). The van der Waals surface area contributed by atoms with Gasteiger partial charge in [-0.3, -0.25) is 9.80 Å². The maximum Gasteiger partial charge on any atom is 0.0558 e. The minimum absolute atomic E-state index is 0.292. The van der Waals surface area contributed by atoms with Crippen LogP contribution in [0.5, 0.6) is 0 Å². The lowest BCUT2D eigenvalue weighted by Crippen LogP contribution is -2.52. The average molecular weight is 186 g/mol. The molecule has 0 aromatic carbocycles. The molecule has 0 radical (unpaired) electrons. The molecule has 0 spiro atoms. The summed E-state index contributed by atoms with van der Waals surface area (Å²) in [5, 5.41) is 8.82. The maximum absolute atomic E-state index is 8.82. The van der Waals surface area contributed by atoms with Crippen LogP contribution in [-0.4, -0.2) is 60.3 Å². The van der Waals surface area contributed by atoms with Crippen molar-refractivity contribution in [3.63, 3.8) is 0 Å². The molecule has 1 saturated heterocycles. The zero-order chi connectivity index (χ0) is 9.68. The number of nitrogens with zero attached hydrogens (tertiary/aromatic N) is 2. The lowest BCUT2D eigenvalue weighted by molar-refractivity contribution is 0.0716. The third kappa shape index (κ3) is 3.25. The summed E-state index contributed by atoms with van der Waals surface area (Å²) in [5.74, 6) is 0. The Kier molecular flexibility index (Phi) is 4.70. The van der Waals surface area contributed by atoms with E-state index in [1.54, 1.807) is 0 Å². The van der Waals surface area contributed by atoms with Crippen LogP contribution in [0.15, 0.2) is 0 Å². The molecule has 0 bridgehead atoms. The van der Waals surface area contributed by atoms with Gasteiger partial charge in [0.05, 0.1) is 6.61 Å². The Labute approximate surface area is 81.3 Å². The first-order valence-corrected chi connectivity index (χ1v) is 5.35. The standard InChI is InChI=1S/C10H22N2O/c1-3-4-12-6-5-11(7-8-13)9-10(12)2/h10,13H,3-9H2,1-2H3/t10-/m0/s1. The third-order valence-electron chi connectivity index (χ3n) is 2.78. The highest BCUT2D eigenvalue weighted by molar-refractivity contribution is 4.78. The van der Waals surface area contributed by atoms with Crippen LogP contribution in [-0.2, 0) is 0 Å². The van der Waals surface area contributed by atoms with E-state index in [0.717, 1.165) is 26.2 Å². The van der Waals surface area contributed by atoms with E-state index in [-0.39, 0.29) is 0 Å². The second-order valence-corrected chi connectivity index (χ2v) is 3.91. The van der Waals surface area contributed by atoms with Crippen LogP contribution in [0.25, 0.3) is 0 Å². The zero-order valence-corrected chi connectivity index (χ0v) is 8.87. The summed E-state index contributed by atoms with van der Waals surface area (Å²) in [6.45, 7) is 10.2. The molecule has 1 fully saturated rings. The Balaban J connectivity index is 2.28. The summed E-state index contributed by atoms with van der Waals surface area (Å²) in [6.07, 6.45) is 1.24. The van der Waals surface area contributed by atoms with E-state index in [9.17, 15) is 0 Å². The van der Waals surface area contributed by atoms with Crippen LogP contribution in [0.3, 0.4) is 0 Å². The molecule has 1 aliphatic rings. The first-order chi connectivity index (χ1) is 6.27. The van der Waals surface area contributed by atoms with E-state index >= 15 is 0 Å². The second-order valence-electron chi connectivity index (χ2n) is 3.91. The highest BCUT2D eigenvalue weighted by Gasteiger charge is 2.21. The fraction of sp³-hybridized carbons (Fsp3) is 1.00. The van der Waals surface area contributed by atoms with Crippen molar-refractivity contribution in [1.82, 2.24) is 9.80 Å². The van der Waals surface area contributed by atoms with Gasteiger partial charge in [0.25, 0.3) is 0 Å². The molecule has 0 amide bonds. The number of aliphatic hydroxyl groups is 1. The van der Waals surface area contributed by atoms with Gasteiger partial charge in [0.1, 0.15) is 0 Å². The largest absolute Gasteiger partial charge is 0.395 e. The summed E-state index contributed by atoms with van der Waals surface area (Å²) in [6, 6.07) is 0.653. The van der Waals surface area contributed by atoms with E-state index in [0.29, 0.717) is 12.6 Å². The van der Waals surface area contributed by atoms with Crippen molar-refractivity contribution in [2.24, 2.45) is 0 Å². The van der Waals surface area contributed by atoms with Gasteiger partial charge in [0, 0.05) is 32.2 Å². The van der Waals surface area contributed by atoms with Crippen molar-refractivity contribution >= 4 is 0 Å². The number of β-amino-alcohol motifs (C(OH)–C–C–N with tert-alkyl or cyclic N) is 1. The molecule has 3 heteroatoms. The Morgan fingerprint density at radius 2 is 2.08 bits per heavy atom. The molecule has 1 N–H and O–H groups in total. The maximum atomic E-state index is 8.82. The third-order valence-corrected chi connectivity index (χ3v) is 2.78. The lowest BCUT2D eigenvalue weighted by Gasteiger charge is -2.39. The van der Waals surface area contributed by atoms with Gasteiger partial charge in [-0.2, -0.15) is 0 Å². The van der Waals surface area contributed by atoms with Crippen LogP contribution in [0.1, 0.15) is 20.3 Å². The van der Waals surface area contributed by atoms with Crippen molar-refractivity contribution in [2.45, 2.75) is 26.3 Å². The van der Waals surface area contributed by atoms with E-state index < -0.39 is 0 Å². The number of hydrogen-bond acceptors (Lipinski definition) is 3. The van der Waals surface area contributed by atoms with Gasteiger partial charge < -0.3 is 5.11 Å². The fourth-order valence-electron chi connectivity index (χ4n) is 2.03. The van der Waals surface area contributed by atoms with Crippen molar-refractivity contribution < 1.29 is 5.11 Å². The normalized spacial score (nSPS) is 26.5. The van der Waals surface area contributed by atoms with Crippen molar-refractivity contribution in [2.75, 3.05) is 39.3 Å². The molecule has 1 atom stereocenters. The Morgan fingerprint density at radius 1 is 1.31 bits per heavy atom. The van der Waals surface area contributed by atoms with Gasteiger partial charge in [-0.15, -0.1) is 0 Å². The molecule has 13 heavy (non-hydrogen) atoms. The van der Waals surface area contributed by atoms with E-state index in [4.69, 9.17) is 5.11 Å². The van der Waals surface area contributed by atoms with Crippen molar-refractivity contribution in [1.29, 1.82) is 0 Å². The number of piperazine rings is 1. The molecular weight excluding hydrogens is 164 g/mol. The Morgan fingerprint density at radius 3 is 2.62 bits per heavy atom. The Bertz CT molecular complexity index is 141. The average Bonchev–Trinajstić information content (AvgIpc) is 2.10. The molecule has 1 aliphatic heterocycles. The topological polar surface area (TPSA) is 26.7 Å². The lowest BCUT2D eigenvalue weighted by atomic mass is 10.2. The van der Waals surface area contributed by atoms with Gasteiger partial charge in [0.2, 0.25) is 0 Å². The summed E-state index contributed by atoms with van der Waals surface area (Å²) in [5.41, 5.74) is 0. The van der Waals surface area contributed by atoms with Gasteiger partial charge in [-0.05, 0) is 19.9 Å². The van der Waals surface area contributed by atoms with E-state index in [1.807, 2.05) is 0 Å². The minimum atomic E-state index is 0.292. The molecule has 1 heterocycles. The van der Waals surface area contributed by atoms with E-state index in [2.05, 4.69) is 23.6 Å². The van der Waals surface area contributed by atoms with Crippen LogP contribution in [0.4, 0.5) is 0 Å². The predicted octanol–water partition coefficient (Wildman–Crippen LogP) is 0.395. The molecule has 0 aliphatic carbocycles. The fourth-order valence-corrected chi connectivity index (χ4v) is 2.03. The SMILES string of the molecule is CCCN1CCN(CCO)C[C@@H]1C. The van der Waals surface area contributed by atoms with Crippen LogP contribution < -0.4 is 0 Å². The molecule has 0 unspecified atom stereocenters. The number of hydrogen-bond donors (Lipinski definition) is 1. The smallest absolute Gasteiger partial charge is 0.0558 e. The van der Waals surface area contributed by atoms with Gasteiger partial charge in [-0.25, -0.2) is 0 Å². The quantitative estimate of drug-likeness (QED) is 0.688. The molecular formula is C10H22N2O. The van der Waals surface area contributed by atoms with E-state index in [1.165, 1.54) is 13.0 Å². The van der Waals surface area contributed by atoms with Crippen molar-refractivity contribution in [3.05, 3.63) is 0 Å². The molecule has 0 aromatic heterocycles. The molecule has 78 valence electrons. The van der Waals surface area contributed by atoms with Crippen LogP contribution in [0.2, 0.25) is 0 Å².